The van der Waals surface area contributed by atoms with Gasteiger partial charge in [0.2, 0.25) is 17.7 Å². The van der Waals surface area contributed by atoms with Gasteiger partial charge in [-0.1, -0.05) is 19.1 Å². The number of benzene rings is 1. The number of rotatable bonds is 6. The molecule has 0 spiro atoms. The Morgan fingerprint density at radius 3 is 2.50 bits per heavy atom. The summed E-state index contributed by atoms with van der Waals surface area (Å²) in [5.41, 5.74) is 2.06. The summed E-state index contributed by atoms with van der Waals surface area (Å²) in [6, 6.07) is 7.90. The maximum atomic E-state index is 12.4. The van der Waals surface area contributed by atoms with Gasteiger partial charge in [0.15, 0.2) is 0 Å². The van der Waals surface area contributed by atoms with Crippen LogP contribution >= 0.6 is 0 Å². The lowest BCUT2D eigenvalue weighted by molar-refractivity contribution is -0.130. The van der Waals surface area contributed by atoms with Crippen molar-refractivity contribution in [2.24, 2.45) is 5.92 Å². The van der Waals surface area contributed by atoms with Crippen LogP contribution in [0.25, 0.3) is 0 Å². The molecule has 1 aromatic carbocycles. The Morgan fingerprint density at radius 2 is 1.85 bits per heavy atom. The van der Waals surface area contributed by atoms with Gasteiger partial charge in [-0.25, -0.2) is 0 Å². The molecular weight excluding hydrogens is 330 g/mol. The smallest absolute Gasteiger partial charge is 0.227 e. The van der Waals surface area contributed by atoms with Crippen LogP contribution in [0.4, 0.5) is 5.69 Å². The van der Waals surface area contributed by atoms with Crippen molar-refractivity contribution in [2.75, 3.05) is 31.1 Å². The van der Waals surface area contributed by atoms with Crippen molar-refractivity contribution in [1.29, 1.82) is 0 Å². The Balaban J connectivity index is 1.47. The quantitative estimate of drug-likeness (QED) is 0.843. The van der Waals surface area contributed by atoms with Crippen LogP contribution in [0.15, 0.2) is 24.3 Å². The topological polar surface area (TPSA) is 69.7 Å². The second-order valence-corrected chi connectivity index (χ2v) is 7.05. The van der Waals surface area contributed by atoms with E-state index in [4.69, 9.17) is 0 Å². The van der Waals surface area contributed by atoms with Gasteiger partial charge < -0.3 is 15.1 Å². The van der Waals surface area contributed by atoms with Crippen LogP contribution < -0.4 is 10.2 Å². The molecule has 2 aliphatic rings. The molecule has 3 rings (SSSR count). The zero-order chi connectivity index (χ0) is 18.5. The van der Waals surface area contributed by atoms with E-state index in [2.05, 4.69) is 12.2 Å². The molecule has 1 unspecified atom stereocenters. The number of hydrogen-bond acceptors (Lipinski definition) is 3. The molecule has 1 N–H and O–H groups in total. The van der Waals surface area contributed by atoms with Crippen LogP contribution in [0.3, 0.4) is 0 Å². The average molecular weight is 357 g/mol. The average Bonchev–Trinajstić information content (AvgIpc) is 3.31. The van der Waals surface area contributed by atoms with E-state index in [1.807, 2.05) is 29.2 Å². The van der Waals surface area contributed by atoms with Gasteiger partial charge in [0.1, 0.15) is 0 Å². The predicted molar refractivity (Wildman–Crippen MR) is 99.7 cm³/mol. The number of aryl methyl sites for hydroxylation is 1. The van der Waals surface area contributed by atoms with Crippen LogP contribution in [0.1, 0.15) is 38.2 Å². The van der Waals surface area contributed by atoms with Crippen LogP contribution in [0.2, 0.25) is 0 Å². The van der Waals surface area contributed by atoms with E-state index in [-0.39, 0.29) is 30.1 Å². The molecule has 2 saturated heterocycles. The lowest BCUT2D eigenvalue weighted by atomic mass is 10.1. The zero-order valence-electron chi connectivity index (χ0n) is 15.4. The second kappa shape index (κ2) is 8.34. The fourth-order valence-electron chi connectivity index (χ4n) is 3.61. The molecule has 1 aromatic rings. The SMILES string of the molecule is CCc1ccc(N2CC(C(=O)NCCC(=O)N3CCCC3)CC2=O)cc1. The van der Waals surface area contributed by atoms with Gasteiger partial charge in [-0.2, -0.15) is 0 Å². The molecule has 2 aliphatic heterocycles. The molecule has 2 heterocycles. The molecule has 0 radical (unpaired) electrons. The van der Waals surface area contributed by atoms with Crippen LogP contribution in [0.5, 0.6) is 0 Å². The van der Waals surface area contributed by atoms with E-state index in [1.165, 1.54) is 5.56 Å². The summed E-state index contributed by atoms with van der Waals surface area (Å²) >= 11 is 0. The van der Waals surface area contributed by atoms with E-state index in [0.717, 1.165) is 38.0 Å². The van der Waals surface area contributed by atoms with Crippen LogP contribution in [-0.2, 0) is 20.8 Å². The molecule has 3 amide bonds. The molecule has 0 aliphatic carbocycles. The summed E-state index contributed by atoms with van der Waals surface area (Å²) in [7, 11) is 0. The molecule has 2 fully saturated rings. The molecule has 1 atom stereocenters. The van der Waals surface area contributed by atoms with E-state index in [1.54, 1.807) is 4.90 Å². The summed E-state index contributed by atoms with van der Waals surface area (Å²) in [6.45, 7) is 4.48. The molecule has 0 aromatic heterocycles. The first-order valence-electron chi connectivity index (χ1n) is 9.53. The third-order valence-electron chi connectivity index (χ3n) is 5.25. The summed E-state index contributed by atoms with van der Waals surface area (Å²) in [5, 5.41) is 2.82. The largest absolute Gasteiger partial charge is 0.355 e. The van der Waals surface area contributed by atoms with Crippen LogP contribution in [-0.4, -0.2) is 48.8 Å². The molecular formula is C20H27N3O3. The van der Waals surface area contributed by atoms with Crippen LogP contribution in [0, 0.1) is 5.92 Å². The van der Waals surface area contributed by atoms with Crippen molar-refractivity contribution < 1.29 is 14.4 Å². The number of hydrogen-bond donors (Lipinski definition) is 1. The minimum Gasteiger partial charge on any atom is -0.355 e. The summed E-state index contributed by atoms with van der Waals surface area (Å²) in [6.07, 6.45) is 3.64. The van der Waals surface area contributed by atoms with Crippen molar-refractivity contribution in [3.63, 3.8) is 0 Å². The predicted octanol–water partition coefficient (Wildman–Crippen LogP) is 1.73. The highest BCUT2D eigenvalue weighted by Crippen LogP contribution is 2.25. The van der Waals surface area contributed by atoms with Crippen molar-refractivity contribution in [1.82, 2.24) is 10.2 Å². The van der Waals surface area contributed by atoms with Gasteiger partial charge in [0, 0.05) is 44.7 Å². The molecule has 0 saturated carbocycles. The number of carbonyl (C=O) groups excluding carboxylic acids is 3. The molecule has 26 heavy (non-hydrogen) atoms. The monoisotopic (exact) mass is 357 g/mol. The van der Waals surface area contributed by atoms with E-state index in [9.17, 15) is 14.4 Å². The van der Waals surface area contributed by atoms with E-state index in [0.29, 0.717) is 19.5 Å². The normalized spacial score (nSPS) is 19.9. The number of amides is 3. The third kappa shape index (κ3) is 4.23. The summed E-state index contributed by atoms with van der Waals surface area (Å²) in [5.74, 6) is -0.416. The Morgan fingerprint density at radius 1 is 1.15 bits per heavy atom. The van der Waals surface area contributed by atoms with Crippen molar-refractivity contribution in [3.8, 4) is 0 Å². The molecule has 140 valence electrons. The Bertz CT molecular complexity index is 665. The standard InChI is InChI=1S/C20H27N3O3/c1-2-15-5-7-17(8-6-15)23-14-16(13-19(23)25)20(26)21-10-9-18(24)22-11-3-4-12-22/h5-8,16H,2-4,9-14H2,1H3,(H,21,26). The highest BCUT2D eigenvalue weighted by Gasteiger charge is 2.35. The summed E-state index contributed by atoms with van der Waals surface area (Å²) < 4.78 is 0. The molecule has 6 nitrogen and oxygen atoms in total. The number of nitrogens with zero attached hydrogens (tertiary/aromatic N) is 2. The van der Waals surface area contributed by atoms with Crippen molar-refractivity contribution in [3.05, 3.63) is 29.8 Å². The molecule has 0 bridgehead atoms. The second-order valence-electron chi connectivity index (χ2n) is 7.05. The first-order valence-corrected chi connectivity index (χ1v) is 9.53. The summed E-state index contributed by atoms with van der Waals surface area (Å²) in [4.78, 5) is 40.2. The fraction of sp³-hybridized carbons (Fsp3) is 0.550. The number of anilines is 1. The fourth-order valence-corrected chi connectivity index (χ4v) is 3.61. The van der Waals surface area contributed by atoms with Gasteiger partial charge in [0.05, 0.1) is 5.92 Å². The lowest BCUT2D eigenvalue weighted by Crippen LogP contribution is -2.36. The number of carbonyl (C=O) groups is 3. The molecule has 6 heteroatoms. The van der Waals surface area contributed by atoms with Crippen molar-refractivity contribution in [2.45, 2.75) is 39.0 Å². The van der Waals surface area contributed by atoms with Crippen molar-refractivity contribution >= 4 is 23.4 Å². The Labute approximate surface area is 154 Å². The Kier molecular flexibility index (Phi) is 5.91. The first kappa shape index (κ1) is 18.4. The van der Waals surface area contributed by atoms with Gasteiger partial charge >= 0.3 is 0 Å². The van der Waals surface area contributed by atoms with Gasteiger partial charge in [-0.3, -0.25) is 14.4 Å². The minimum absolute atomic E-state index is 0.0254. The third-order valence-corrected chi connectivity index (χ3v) is 5.25. The highest BCUT2D eigenvalue weighted by molar-refractivity contribution is 6.00. The maximum absolute atomic E-state index is 12.4. The van der Waals surface area contributed by atoms with Gasteiger partial charge in [-0.05, 0) is 37.0 Å². The first-order chi connectivity index (χ1) is 12.6. The lowest BCUT2D eigenvalue weighted by Gasteiger charge is -2.17. The number of nitrogens with one attached hydrogen (secondary N) is 1. The minimum atomic E-state index is -0.352. The van der Waals surface area contributed by atoms with Gasteiger partial charge in [-0.15, -0.1) is 0 Å². The van der Waals surface area contributed by atoms with Gasteiger partial charge in [0.25, 0.3) is 0 Å². The zero-order valence-corrected chi connectivity index (χ0v) is 15.4. The Hall–Kier alpha value is -2.37. The van der Waals surface area contributed by atoms with E-state index >= 15 is 0 Å². The highest BCUT2D eigenvalue weighted by atomic mass is 16.2. The van der Waals surface area contributed by atoms with E-state index < -0.39 is 0 Å². The maximum Gasteiger partial charge on any atom is 0.227 e. The number of likely N-dealkylation sites (tertiary alicyclic amines) is 1.